The Morgan fingerprint density at radius 1 is 1.09 bits per heavy atom. The summed E-state index contributed by atoms with van der Waals surface area (Å²) in [7, 11) is 0. The zero-order valence-electron chi connectivity index (χ0n) is 12.9. The van der Waals surface area contributed by atoms with Gasteiger partial charge < -0.3 is 16.0 Å². The highest BCUT2D eigenvalue weighted by atomic mass is 32.1. The van der Waals surface area contributed by atoms with Gasteiger partial charge in [0.25, 0.3) is 0 Å². The number of thiocarbonyl (C=S) groups is 1. The first-order chi connectivity index (χ1) is 11.1. The van der Waals surface area contributed by atoms with Crippen LogP contribution in [0.1, 0.15) is 0 Å². The molecule has 0 aliphatic carbocycles. The van der Waals surface area contributed by atoms with Crippen LogP contribution in [0.25, 0.3) is 10.8 Å². The number of hydrogen-bond acceptors (Lipinski definition) is 3. The van der Waals surface area contributed by atoms with E-state index >= 15 is 0 Å². The summed E-state index contributed by atoms with van der Waals surface area (Å²) < 4.78 is 0. The minimum atomic E-state index is -0.282. The number of amides is 1. The number of fused-ring (bicyclic) bond motifs is 1. The normalized spacial score (nSPS) is 15.6. The lowest BCUT2D eigenvalue weighted by Crippen LogP contribution is -2.51. The van der Waals surface area contributed by atoms with E-state index < -0.39 is 0 Å². The monoisotopic (exact) mass is 328 g/mol. The Kier molecular flexibility index (Phi) is 4.73. The van der Waals surface area contributed by atoms with Gasteiger partial charge in [0.15, 0.2) is 5.11 Å². The zero-order valence-corrected chi connectivity index (χ0v) is 13.7. The third-order valence-electron chi connectivity index (χ3n) is 4.07. The molecule has 0 radical (unpaired) electrons. The maximum atomic E-state index is 11.0. The average Bonchev–Trinajstić information content (AvgIpc) is 2.55. The van der Waals surface area contributed by atoms with Gasteiger partial charge in [-0.2, -0.15) is 0 Å². The maximum absolute atomic E-state index is 11.0. The van der Waals surface area contributed by atoms with E-state index in [0.29, 0.717) is 6.54 Å². The SMILES string of the molecule is NC(=O)CN1CCN(C(=S)Nc2cccc3ccccc23)CC1. The number of nitrogens with two attached hydrogens (primary N) is 1. The number of nitrogens with zero attached hydrogens (tertiary/aromatic N) is 2. The summed E-state index contributed by atoms with van der Waals surface area (Å²) in [5.74, 6) is -0.282. The van der Waals surface area contributed by atoms with Crippen molar-refractivity contribution in [2.24, 2.45) is 5.73 Å². The second-order valence-electron chi connectivity index (χ2n) is 5.69. The number of hydrogen-bond donors (Lipinski definition) is 2. The Balaban J connectivity index is 1.64. The van der Waals surface area contributed by atoms with Gasteiger partial charge in [-0.1, -0.05) is 36.4 Å². The Morgan fingerprint density at radius 3 is 2.52 bits per heavy atom. The second-order valence-corrected chi connectivity index (χ2v) is 6.07. The van der Waals surface area contributed by atoms with Crippen molar-refractivity contribution in [3.8, 4) is 0 Å². The fraction of sp³-hybridized carbons (Fsp3) is 0.294. The molecule has 1 fully saturated rings. The number of primary amides is 1. The van der Waals surface area contributed by atoms with E-state index in [-0.39, 0.29) is 5.91 Å². The standard InChI is InChI=1S/C17H20N4OS/c18-16(22)12-20-8-10-21(11-9-20)17(23)19-15-7-3-5-13-4-1-2-6-14(13)15/h1-7H,8-12H2,(H2,18,22)(H,19,23). The number of rotatable bonds is 3. The maximum Gasteiger partial charge on any atom is 0.231 e. The first kappa shape index (κ1) is 15.7. The van der Waals surface area contributed by atoms with Crippen LogP contribution in [0, 0.1) is 0 Å². The Labute approximate surface area is 141 Å². The number of nitrogens with one attached hydrogen (secondary N) is 1. The highest BCUT2D eigenvalue weighted by Crippen LogP contribution is 2.23. The molecular formula is C17H20N4OS. The fourth-order valence-electron chi connectivity index (χ4n) is 2.86. The predicted octanol–water partition coefficient (Wildman–Crippen LogP) is 1.64. The van der Waals surface area contributed by atoms with Crippen LogP contribution in [0.2, 0.25) is 0 Å². The third-order valence-corrected chi connectivity index (χ3v) is 4.43. The average molecular weight is 328 g/mol. The van der Waals surface area contributed by atoms with E-state index in [1.807, 2.05) is 24.3 Å². The van der Waals surface area contributed by atoms with Gasteiger partial charge in [0, 0.05) is 37.3 Å². The molecule has 6 heteroatoms. The molecule has 3 rings (SSSR count). The molecule has 1 aliphatic heterocycles. The number of anilines is 1. The lowest BCUT2D eigenvalue weighted by Gasteiger charge is -2.35. The summed E-state index contributed by atoms with van der Waals surface area (Å²) in [4.78, 5) is 15.2. The van der Waals surface area contributed by atoms with E-state index in [2.05, 4.69) is 33.3 Å². The van der Waals surface area contributed by atoms with Crippen LogP contribution in [0.4, 0.5) is 5.69 Å². The van der Waals surface area contributed by atoms with Gasteiger partial charge in [0.05, 0.1) is 6.54 Å². The first-order valence-electron chi connectivity index (χ1n) is 7.68. The largest absolute Gasteiger partial charge is 0.369 e. The molecule has 1 aliphatic rings. The van der Waals surface area contributed by atoms with Crippen molar-refractivity contribution in [3.63, 3.8) is 0 Å². The Bertz CT molecular complexity index is 720. The van der Waals surface area contributed by atoms with Crippen LogP contribution in [0.5, 0.6) is 0 Å². The van der Waals surface area contributed by atoms with E-state index in [9.17, 15) is 4.79 Å². The lowest BCUT2D eigenvalue weighted by atomic mass is 10.1. The fourth-order valence-corrected chi connectivity index (χ4v) is 3.15. The molecular weight excluding hydrogens is 308 g/mol. The van der Waals surface area contributed by atoms with E-state index in [0.717, 1.165) is 42.4 Å². The minimum Gasteiger partial charge on any atom is -0.369 e. The summed E-state index contributed by atoms with van der Waals surface area (Å²) >= 11 is 5.55. The summed E-state index contributed by atoms with van der Waals surface area (Å²) in [6.07, 6.45) is 0. The Hall–Kier alpha value is -2.18. The molecule has 23 heavy (non-hydrogen) atoms. The van der Waals surface area contributed by atoms with Gasteiger partial charge in [0.2, 0.25) is 5.91 Å². The van der Waals surface area contributed by atoms with Gasteiger partial charge in [-0.25, -0.2) is 0 Å². The van der Waals surface area contributed by atoms with Crippen molar-refractivity contribution < 1.29 is 4.79 Å². The molecule has 1 heterocycles. The molecule has 3 N–H and O–H groups in total. The topological polar surface area (TPSA) is 61.6 Å². The molecule has 0 spiro atoms. The van der Waals surface area contributed by atoms with E-state index in [1.54, 1.807) is 0 Å². The van der Waals surface area contributed by atoms with Crippen molar-refractivity contribution in [3.05, 3.63) is 42.5 Å². The van der Waals surface area contributed by atoms with Gasteiger partial charge in [0.1, 0.15) is 0 Å². The van der Waals surface area contributed by atoms with Crippen molar-refractivity contribution in [1.82, 2.24) is 9.80 Å². The van der Waals surface area contributed by atoms with Gasteiger partial charge >= 0.3 is 0 Å². The highest BCUT2D eigenvalue weighted by molar-refractivity contribution is 7.80. The molecule has 1 amide bonds. The van der Waals surface area contributed by atoms with Gasteiger partial charge in [-0.15, -0.1) is 0 Å². The van der Waals surface area contributed by atoms with Crippen molar-refractivity contribution in [2.45, 2.75) is 0 Å². The summed E-state index contributed by atoms with van der Waals surface area (Å²) in [5.41, 5.74) is 6.26. The molecule has 0 aromatic heterocycles. The third kappa shape index (κ3) is 3.78. The van der Waals surface area contributed by atoms with E-state index in [1.165, 1.54) is 5.39 Å². The smallest absolute Gasteiger partial charge is 0.231 e. The lowest BCUT2D eigenvalue weighted by molar-refractivity contribution is -0.119. The van der Waals surface area contributed by atoms with Crippen molar-refractivity contribution in [2.75, 3.05) is 38.0 Å². The van der Waals surface area contributed by atoms with Crippen molar-refractivity contribution >= 4 is 39.7 Å². The van der Waals surface area contributed by atoms with Crippen LogP contribution in [-0.4, -0.2) is 53.5 Å². The number of carbonyl (C=O) groups excluding carboxylic acids is 1. The van der Waals surface area contributed by atoms with E-state index in [4.69, 9.17) is 18.0 Å². The highest BCUT2D eigenvalue weighted by Gasteiger charge is 2.20. The van der Waals surface area contributed by atoms with Crippen LogP contribution >= 0.6 is 12.2 Å². The van der Waals surface area contributed by atoms with Crippen molar-refractivity contribution in [1.29, 1.82) is 0 Å². The summed E-state index contributed by atoms with van der Waals surface area (Å²) in [6.45, 7) is 3.49. The quantitative estimate of drug-likeness (QED) is 0.839. The molecule has 5 nitrogen and oxygen atoms in total. The van der Waals surface area contributed by atoms with Crippen LogP contribution < -0.4 is 11.1 Å². The summed E-state index contributed by atoms with van der Waals surface area (Å²) in [5, 5.41) is 6.42. The van der Waals surface area contributed by atoms with Crippen LogP contribution in [0.3, 0.4) is 0 Å². The predicted molar refractivity (Wildman–Crippen MR) is 97.4 cm³/mol. The molecule has 0 unspecified atom stereocenters. The van der Waals surface area contributed by atoms with Crippen LogP contribution in [-0.2, 0) is 4.79 Å². The minimum absolute atomic E-state index is 0.282. The number of carbonyl (C=O) groups is 1. The number of benzene rings is 2. The second kappa shape index (κ2) is 6.93. The van der Waals surface area contributed by atoms with Crippen LogP contribution in [0.15, 0.2) is 42.5 Å². The number of piperazine rings is 1. The molecule has 120 valence electrons. The molecule has 2 aromatic rings. The first-order valence-corrected chi connectivity index (χ1v) is 8.08. The molecule has 2 aromatic carbocycles. The Morgan fingerprint density at radius 2 is 1.78 bits per heavy atom. The van der Waals surface area contributed by atoms with Gasteiger partial charge in [-0.05, 0) is 23.7 Å². The van der Waals surface area contributed by atoms with Gasteiger partial charge in [-0.3, -0.25) is 9.69 Å². The molecule has 0 bridgehead atoms. The zero-order chi connectivity index (χ0) is 16.2. The molecule has 0 saturated carbocycles. The summed E-state index contributed by atoms with van der Waals surface area (Å²) in [6, 6.07) is 14.4. The molecule has 1 saturated heterocycles. The molecule has 0 atom stereocenters.